The molecule has 1 aromatic carbocycles. The zero-order valence-electron chi connectivity index (χ0n) is 10.6. The van der Waals surface area contributed by atoms with Crippen LogP contribution in [0.5, 0.6) is 11.5 Å². The van der Waals surface area contributed by atoms with Crippen molar-refractivity contribution in [2.75, 3.05) is 7.11 Å². The van der Waals surface area contributed by atoms with Crippen molar-refractivity contribution in [3.63, 3.8) is 0 Å². The highest BCUT2D eigenvalue weighted by Crippen LogP contribution is 2.37. The maximum absolute atomic E-state index is 10.8. The molecule has 0 N–H and O–H groups in total. The van der Waals surface area contributed by atoms with Gasteiger partial charge in [-0.2, -0.15) is 0 Å². The Morgan fingerprint density at radius 2 is 2.25 bits per heavy atom. The fraction of sp³-hybridized carbons (Fsp3) is 0.143. The summed E-state index contributed by atoms with van der Waals surface area (Å²) in [6.07, 6.45) is 3.95. The van der Waals surface area contributed by atoms with Gasteiger partial charge in [0.2, 0.25) is 0 Å². The highest BCUT2D eigenvalue weighted by Gasteiger charge is 2.12. The van der Waals surface area contributed by atoms with Crippen molar-refractivity contribution in [3.05, 3.63) is 51.2 Å². The number of hydrogen-bond donors (Lipinski definition) is 0. The zero-order chi connectivity index (χ0) is 14.5. The molecule has 0 aliphatic rings. The van der Waals surface area contributed by atoms with Gasteiger partial charge in [-0.15, -0.1) is 0 Å². The van der Waals surface area contributed by atoms with Gasteiger partial charge in [-0.3, -0.25) is 9.78 Å². The Hall–Kier alpha value is -1.59. The van der Waals surface area contributed by atoms with E-state index >= 15 is 0 Å². The summed E-state index contributed by atoms with van der Waals surface area (Å²) in [5.74, 6) is 0.998. The van der Waals surface area contributed by atoms with Crippen molar-refractivity contribution < 1.29 is 14.3 Å². The van der Waals surface area contributed by atoms with E-state index in [9.17, 15) is 4.79 Å². The van der Waals surface area contributed by atoms with Gasteiger partial charge in [-0.1, -0.05) is 11.6 Å². The maximum atomic E-state index is 10.8. The number of pyridine rings is 1. The molecule has 6 heteroatoms. The Bertz CT molecular complexity index is 634. The largest absolute Gasteiger partial charge is 0.493 e. The third-order valence-corrected chi connectivity index (χ3v) is 3.55. The van der Waals surface area contributed by atoms with Crippen LogP contribution >= 0.6 is 27.5 Å². The van der Waals surface area contributed by atoms with Crippen molar-refractivity contribution in [1.82, 2.24) is 4.98 Å². The molecule has 0 amide bonds. The quantitative estimate of drug-likeness (QED) is 0.762. The molecular weight excluding hydrogens is 346 g/mol. The lowest BCUT2D eigenvalue weighted by atomic mass is 10.2. The van der Waals surface area contributed by atoms with Crippen LogP contribution in [0.2, 0.25) is 5.02 Å². The number of aldehydes is 1. The summed E-state index contributed by atoms with van der Waals surface area (Å²) >= 11 is 9.38. The molecule has 0 saturated carbocycles. The monoisotopic (exact) mass is 355 g/mol. The number of halogens is 2. The molecule has 4 nitrogen and oxygen atoms in total. The van der Waals surface area contributed by atoms with Crippen LogP contribution in [0.3, 0.4) is 0 Å². The van der Waals surface area contributed by atoms with E-state index in [1.165, 1.54) is 7.11 Å². The molecule has 1 aromatic heterocycles. The topological polar surface area (TPSA) is 48.4 Å². The Morgan fingerprint density at radius 3 is 2.90 bits per heavy atom. The van der Waals surface area contributed by atoms with Crippen molar-refractivity contribution in [3.8, 4) is 11.5 Å². The first-order valence-corrected chi connectivity index (χ1v) is 6.86. The van der Waals surface area contributed by atoms with Crippen LogP contribution in [0.15, 0.2) is 35.1 Å². The third-order valence-electron chi connectivity index (χ3n) is 2.62. The molecule has 1 heterocycles. The van der Waals surface area contributed by atoms with Crippen LogP contribution in [0.4, 0.5) is 0 Å². The molecule has 0 aliphatic carbocycles. The second-order valence-corrected chi connectivity index (χ2v) is 5.17. The lowest BCUT2D eigenvalue weighted by Gasteiger charge is -2.13. The number of benzene rings is 1. The van der Waals surface area contributed by atoms with E-state index in [4.69, 9.17) is 21.1 Å². The van der Waals surface area contributed by atoms with E-state index in [-0.39, 0.29) is 6.61 Å². The first-order chi connectivity index (χ1) is 9.65. The first kappa shape index (κ1) is 14.8. The number of carbonyl (C=O) groups excluding carboxylic acids is 1. The fourth-order valence-electron chi connectivity index (χ4n) is 1.62. The number of nitrogens with zero attached hydrogens (tertiary/aromatic N) is 1. The van der Waals surface area contributed by atoms with Gasteiger partial charge in [0.05, 0.1) is 16.6 Å². The molecule has 20 heavy (non-hydrogen) atoms. The predicted molar refractivity (Wildman–Crippen MR) is 79.7 cm³/mol. The van der Waals surface area contributed by atoms with Crippen LogP contribution in [0.1, 0.15) is 15.9 Å². The summed E-state index contributed by atoms with van der Waals surface area (Å²) in [7, 11) is 1.52. The van der Waals surface area contributed by atoms with Gasteiger partial charge in [-0.25, -0.2) is 0 Å². The summed E-state index contributed by atoms with van der Waals surface area (Å²) in [6, 6.07) is 5.06. The molecule has 0 bridgehead atoms. The molecule has 0 fully saturated rings. The molecule has 104 valence electrons. The molecule has 0 unspecified atom stereocenters. The van der Waals surface area contributed by atoms with Crippen molar-refractivity contribution >= 4 is 33.8 Å². The van der Waals surface area contributed by atoms with E-state index in [0.717, 1.165) is 11.8 Å². The molecule has 0 spiro atoms. The van der Waals surface area contributed by atoms with E-state index in [1.54, 1.807) is 30.6 Å². The Morgan fingerprint density at radius 1 is 1.45 bits per heavy atom. The molecule has 2 rings (SSSR count). The molecule has 0 aliphatic heterocycles. The number of aromatic nitrogens is 1. The van der Waals surface area contributed by atoms with Gasteiger partial charge in [0.15, 0.2) is 11.5 Å². The smallest absolute Gasteiger partial charge is 0.175 e. The highest BCUT2D eigenvalue weighted by molar-refractivity contribution is 9.10. The van der Waals surface area contributed by atoms with Crippen molar-refractivity contribution in [1.29, 1.82) is 0 Å². The first-order valence-electron chi connectivity index (χ1n) is 5.69. The van der Waals surface area contributed by atoms with Gasteiger partial charge in [0.25, 0.3) is 0 Å². The van der Waals surface area contributed by atoms with E-state index < -0.39 is 0 Å². The Balaban J connectivity index is 2.25. The van der Waals surface area contributed by atoms with Crippen molar-refractivity contribution in [2.45, 2.75) is 6.61 Å². The number of hydrogen-bond acceptors (Lipinski definition) is 4. The molecule has 0 radical (unpaired) electrons. The lowest BCUT2D eigenvalue weighted by Crippen LogP contribution is -2.00. The minimum atomic E-state index is 0.275. The standard InChI is InChI=1S/C14H11BrClNO3/c1-19-13-5-9(7-18)4-11(15)14(13)20-8-10-2-3-17-6-12(10)16/h2-7H,8H2,1H3. The van der Waals surface area contributed by atoms with Crippen LogP contribution in [0, 0.1) is 0 Å². The summed E-state index contributed by atoms with van der Waals surface area (Å²) in [5, 5.41) is 0.534. The van der Waals surface area contributed by atoms with Crippen molar-refractivity contribution in [2.24, 2.45) is 0 Å². The highest BCUT2D eigenvalue weighted by atomic mass is 79.9. The summed E-state index contributed by atoms with van der Waals surface area (Å²) in [4.78, 5) is 14.7. The van der Waals surface area contributed by atoms with E-state index in [0.29, 0.717) is 26.6 Å². The minimum Gasteiger partial charge on any atom is -0.493 e. The van der Waals surface area contributed by atoms with Crippen LogP contribution < -0.4 is 9.47 Å². The van der Waals surface area contributed by atoms with Crippen LogP contribution in [-0.4, -0.2) is 18.4 Å². The average Bonchev–Trinajstić information content (AvgIpc) is 2.46. The molecule has 0 atom stereocenters. The second kappa shape index (κ2) is 6.72. The van der Waals surface area contributed by atoms with Gasteiger partial charge in [0, 0.05) is 23.5 Å². The maximum Gasteiger partial charge on any atom is 0.175 e. The van der Waals surface area contributed by atoms with Gasteiger partial charge in [-0.05, 0) is 34.1 Å². The summed E-state index contributed by atoms with van der Waals surface area (Å²) in [5.41, 5.74) is 1.32. The van der Waals surface area contributed by atoms with Crippen LogP contribution in [-0.2, 0) is 6.61 Å². The summed E-state index contributed by atoms with van der Waals surface area (Å²) < 4.78 is 11.6. The SMILES string of the molecule is COc1cc(C=O)cc(Br)c1OCc1ccncc1Cl. The molecule has 0 saturated heterocycles. The van der Waals surface area contributed by atoms with Gasteiger partial charge >= 0.3 is 0 Å². The summed E-state index contributed by atoms with van der Waals surface area (Å²) in [6.45, 7) is 0.275. The minimum absolute atomic E-state index is 0.275. The molecule has 2 aromatic rings. The van der Waals surface area contributed by atoms with E-state index in [2.05, 4.69) is 20.9 Å². The number of ether oxygens (including phenoxy) is 2. The van der Waals surface area contributed by atoms with Crippen LogP contribution in [0.25, 0.3) is 0 Å². The number of carbonyl (C=O) groups is 1. The zero-order valence-corrected chi connectivity index (χ0v) is 12.9. The Kier molecular flexibility index (Phi) is 4.98. The predicted octanol–water partition coefficient (Wildman–Crippen LogP) is 3.90. The number of rotatable bonds is 5. The average molecular weight is 357 g/mol. The molecular formula is C14H11BrClNO3. The van der Waals surface area contributed by atoms with E-state index in [1.807, 2.05) is 0 Å². The normalized spacial score (nSPS) is 10.2. The van der Waals surface area contributed by atoms with Gasteiger partial charge < -0.3 is 9.47 Å². The van der Waals surface area contributed by atoms with Gasteiger partial charge in [0.1, 0.15) is 12.9 Å². The third kappa shape index (κ3) is 3.29. The Labute approximate surface area is 129 Å². The second-order valence-electron chi connectivity index (χ2n) is 3.91. The number of methoxy groups -OCH3 is 1. The fourth-order valence-corrected chi connectivity index (χ4v) is 2.37. The lowest BCUT2D eigenvalue weighted by molar-refractivity contribution is 0.112.